The number of anilines is 1. The summed E-state index contributed by atoms with van der Waals surface area (Å²) in [6.07, 6.45) is 2.06. The number of urea groups is 1. The van der Waals surface area contributed by atoms with Crippen LogP contribution in [0.1, 0.15) is 18.4 Å². The molecule has 2 aliphatic heterocycles. The first kappa shape index (κ1) is 18.8. The van der Waals surface area contributed by atoms with Crippen LogP contribution in [-0.4, -0.2) is 61.1 Å². The Morgan fingerprint density at radius 2 is 1.43 bits per heavy atom. The van der Waals surface area contributed by atoms with E-state index in [4.69, 9.17) is 0 Å². The van der Waals surface area contributed by atoms with Crippen LogP contribution in [0.2, 0.25) is 0 Å². The minimum absolute atomic E-state index is 0.106. The summed E-state index contributed by atoms with van der Waals surface area (Å²) in [5, 5.41) is 3.27. The molecule has 0 atom stereocenters. The lowest BCUT2D eigenvalue weighted by Crippen LogP contribution is -2.54. The average Bonchev–Trinajstić information content (AvgIpc) is 2.76. The maximum atomic E-state index is 12.7. The molecule has 2 saturated heterocycles. The van der Waals surface area contributed by atoms with Gasteiger partial charge in [-0.15, -0.1) is 0 Å². The van der Waals surface area contributed by atoms with Crippen molar-refractivity contribution < 1.29 is 4.79 Å². The number of rotatable bonds is 4. The number of hydrogen-bond acceptors (Lipinski definition) is 3. The van der Waals surface area contributed by atoms with Crippen LogP contribution in [0.15, 0.2) is 60.7 Å². The summed E-state index contributed by atoms with van der Waals surface area (Å²) in [7, 11) is 0. The van der Waals surface area contributed by atoms with Gasteiger partial charge in [-0.1, -0.05) is 48.5 Å². The van der Waals surface area contributed by atoms with Crippen molar-refractivity contribution in [3.05, 3.63) is 66.2 Å². The van der Waals surface area contributed by atoms with Gasteiger partial charge in [0, 0.05) is 57.5 Å². The second kappa shape index (κ2) is 9.11. The second-order valence-electron chi connectivity index (χ2n) is 7.80. The Hall–Kier alpha value is -2.53. The molecule has 2 aliphatic rings. The Balaban J connectivity index is 1.19. The molecule has 2 amide bonds. The number of amides is 2. The summed E-state index contributed by atoms with van der Waals surface area (Å²) in [4.78, 5) is 19.5. The van der Waals surface area contributed by atoms with Crippen molar-refractivity contribution >= 4 is 11.7 Å². The highest BCUT2D eigenvalue weighted by molar-refractivity contribution is 5.75. The van der Waals surface area contributed by atoms with E-state index in [2.05, 4.69) is 69.7 Å². The number of likely N-dealkylation sites (tertiary alicyclic amines) is 1. The second-order valence-corrected chi connectivity index (χ2v) is 7.80. The molecule has 2 heterocycles. The molecule has 0 unspecified atom stereocenters. The van der Waals surface area contributed by atoms with Gasteiger partial charge in [-0.05, 0) is 30.5 Å². The molecule has 1 N–H and O–H groups in total. The van der Waals surface area contributed by atoms with Crippen molar-refractivity contribution in [2.45, 2.75) is 25.4 Å². The minimum atomic E-state index is 0.106. The molecule has 148 valence electrons. The van der Waals surface area contributed by atoms with Gasteiger partial charge in [0.15, 0.2) is 0 Å². The van der Waals surface area contributed by atoms with Gasteiger partial charge < -0.3 is 15.1 Å². The Kier molecular flexibility index (Phi) is 6.12. The number of carbonyl (C=O) groups is 1. The third-order valence-electron chi connectivity index (χ3n) is 5.85. The van der Waals surface area contributed by atoms with Crippen molar-refractivity contribution in [1.82, 2.24) is 15.1 Å². The fourth-order valence-electron chi connectivity index (χ4n) is 4.15. The zero-order valence-electron chi connectivity index (χ0n) is 16.5. The highest BCUT2D eigenvalue weighted by Crippen LogP contribution is 2.17. The quantitative estimate of drug-likeness (QED) is 0.888. The van der Waals surface area contributed by atoms with E-state index in [0.29, 0.717) is 6.04 Å². The first-order valence-corrected chi connectivity index (χ1v) is 10.4. The van der Waals surface area contributed by atoms with Gasteiger partial charge in [0.05, 0.1) is 0 Å². The van der Waals surface area contributed by atoms with E-state index in [9.17, 15) is 4.79 Å². The summed E-state index contributed by atoms with van der Waals surface area (Å²) in [5.74, 6) is 0. The van der Waals surface area contributed by atoms with Crippen LogP contribution in [0.4, 0.5) is 10.5 Å². The summed E-state index contributed by atoms with van der Waals surface area (Å²) >= 11 is 0. The molecule has 2 aromatic rings. The molecule has 0 aliphatic carbocycles. The van der Waals surface area contributed by atoms with Crippen LogP contribution in [-0.2, 0) is 6.54 Å². The highest BCUT2D eigenvalue weighted by atomic mass is 16.2. The van der Waals surface area contributed by atoms with Gasteiger partial charge in [0.25, 0.3) is 0 Å². The van der Waals surface area contributed by atoms with Gasteiger partial charge in [-0.3, -0.25) is 4.90 Å². The lowest BCUT2D eigenvalue weighted by molar-refractivity contribution is 0.167. The van der Waals surface area contributed by atoms with Gasteiger partial charge >= 0.3 is 6.03 Å². The van der Waals surface area contributed by atoms with Crippen molar-refractivity contribution in [3.8, 4) is 0 Å². The molecular weight excluding hydrogens is 348 g/mol. The number of benzene rings is 2. The molecule has 28 heavy (non-hydrogen) atoms. The van der Waals surface area contributed by atoms with E-state index in [0.717, 1.165) is 58.7 Å². The van der Waals surface area contributed by atoms with Crippen LogP contribution in [0.5, 0.6) is 0 Å². The van der Waals surface area contributed by atoms with Crippen molar-refractivity contribution in [2.75, 3.05) is 44.2 Å². The lowest BCUT2D eigenvalue weighted by atomic mass is 10.0. The zero-order chi connectivity index (χ0) is 19.2. The first-order valence-electron chi connectivity index (χ1n) is 10.4. The zero-order valence-corrected chi connectivity index (χ0v) is 16.5. The third-order valence-corrected chi connectivity index (χ3v) is 5.85. The van der Waals surface area contributed by atoms with E-state index in [-0.39, 0.29) is 6.03 Å². The summed E-state index contributed by atoms with van der Waals surface area (Å²) in [5.41, 5.74) is 2.61. The van der Waals surface area contributed by atoms with E-state index in [1.54, 1.807) is 0 Å². The predicted octanol–water partition coefficient (Wildman–Crippen LogP) is 3.18. The largest absolute Gasteiger partial charge is 0.368 e. The van der Waals surface area contributed by atoms with E-state index in [1.165, 1.54) is 11.3 Å². The molecule has 5 nitrogen and oxygen atoms in total. The third kappa shape index (κ3) is 4.84. The lowest BCUT2D eigenvalue weighted by Gasteiger charge is -2.38. The number of piperidine rings is 1. The Labute approximate surface area is 167 Å². The summed E-state index contributed by atoms with van der Waals surface area (Å²) in [6, 6.07) is 21.5. The molecule has 0 radical (unpaired) electrons. The average molecular weight is 379 g/mol. The predicted molar refractivity (Wildman–Crippen MR) is 114 cm³/mol. The number of hydrogen-bond donors (Lipinski definition) is 1. The summed E-state index contributed by atoms with van der Waals surface area (Å²) < 4.78 is 0. The van der Waals surface area contributed by atoms with Crippen molar-refractivity contribution in [1.29, 1.82) is 0 Å². The van der Waals surface area contributed by atoms with Crippen molar-refractivity contribution in [3.63, 3.8) is 0 Å². The Morgan fingerprint density at radius 3 is 2.07 bits per heavy atom. The van der Waals surface area contributed by atoms with Gasteiger partial charge in [-0.2, -0.15) is 0 Å². The normalized spacial score (nSPS) is 18.9. The Morgan fingerprint density at radius 1 is 0.821 bits per heavy atom. The maximum absolute atomic E-state index is 12.7. The topological polar surface area (TPSA) is 38.8 Å². The van der Waals surface area contributed by atoms with E-state index >= 15 is 0 Å². The standard InChI is InChI=1S/C23H30N4O/c28-23(27-17-15-26(16-18-27)22-9-5-2-6-10-22)24-21-11-13-25(14-12-21)19-20-7-3-1-4-8-20/h1-10,21H,11-19H2,(H,24,28). The number of piperazine rings is 1. The van der Waals surface area contributed by atoms with Crippen molar-refractivity contribution in [2.24, 2.45) is 0 Å². The van der Waals surface area contributed by atoms with Gasteiger partial charge in [0.1, 0.15) is 0 Å². The van der Waals surface area contributed by atoms with Gasteiger partial charge in [-0.25, -0.2) is 4.79 Å². The maximum Gasteiger partial charge on any atom is 0.317 e. The number of carbonyl (C=O) groups excluding carboxylic acids is 1. The smallest absolute Gasteiger partial charge is 0.317 e. The molecule has 0 bridgehead atoms. The summed E-state index contributed by atoms with van der Waals surface area (Å²) in [6.45, 7) is 6.45. The van der Waals surface area contributed by atoms with E-state index < -0.39 is 0 Å². The van der Waals surface area contributed by atoms with Crippen LogP contribution in [0.3, 0.4) is 0 Å². The molecule has 5 heteroatoms. The Bertz CT molecular complexity index is 736. The molecule has 0 aromatic heterocycles. The minimum Gasteiger partial charge on any atom is -0.368 e. The van der Waals surface area contributed by atoms with Crippen LogP contribution >= 0.6 is 0 Å². The fraction of sp³-hybridized carbons (Fsp3) is 0.435. The molecule has 2 fully saturated rings. The van der Waals surface area contributed by atoms with Crippen LogP contribution < -0.4 is 10.2 Å². The number of nitrogens with zero attached hydrogens (tertiary/aromatic N) is 3. The molecule has 2 aromatic carbocycles. The first-order chi connectivity index (χ1) is 13.8. The SMILES string of the molecule is O=C(NC1CCN(Cc2ccccc2)CC1)N1CCN(c2ccccc2)CC1. The number of nitrogens with one attached hydrogen (secondary N) is 1. The fourth-order valence-corrected chi connectivity index (χ4v) is 4.15. The molecular formula is C23H30N4O. The van der Waals surface area contributed by atoms with Crippen LogP contribution in [0, 0.1) is 0 Å². The molecule has 0 saturated carbocycles. The number of para-hydroxylation sites is 1. The van der Waals surface area contributed by atoms with E-state index in [1.807, 2.05) is 11.0 Å². The van der Waals surface area contributed by atoms with Gasteiger partial charge in [0.2, 0.25) is 0 Å². The molecule has 0 spiro atoms. The monoisotopic (exact) mass is 378 g/mol. The molecule has 4 rings (SSSR count). The highest BCUT2D eigenvalue weighted by Gasteiger charge is 2.25. The van der Waals surface area contributed by atoms with Crippen LogP contribution in [0.25, 0.3) is 0 Å².